The molecule has 0 spiro atoms. The Labute approximate surface area is 126 Å². The predicted molar refractivity (Wildman–Crippen MR) is 87.6 cm³/mol. The molecule has 0 aliphatic carbocycles. The van der Waals surface area contributed by atoms with Gasteiger partial charge in [0.25, 0.3) is 0 Å². The van der Waals surface area contributed by atoms with Crippen LogP contribution in [0.4, 0.5) is 5.69 Å². The van der Waals surface area contributed by atoms with Crippen molar-refractivity contribution in [3.8, 4) is 16.9 Å². The van der Waals surface area contributed by atoms with Crippen LogP contribution in [0, 0.1) is 6.92 Å². The van der Waals surface area contributed by atoms with E-state index in [1.807, 2.05) is 12.1 Å². The number of nitrogens with zero attached hydrogens (tertiary/aromatic N) is 1. The lowest BCUT2D eigenvalue weighted by molar-refractivity contribution is 0.314. The van der Waals surface area contributed by atoms with E-state index in [1.54, 1.807) is 7.11 Å². The van der Waals surface area contributed by atoms with Crippen molar-refractivity contribution in [2.75, 3.05) is 26.4 Å². The molecule has 2 aromatic carbocycles. The van der Waals surface area contributed by atoms with Gasteiger partial charge in [-0.05, 0) is 55.3 Å². The van der Waals surface area contributed by atoms with Crippen LogP contribution in [0.2, 0.25) is 0 Å². The molecule has 3 rings (SSSR count). The van der Waals surface area contributed by atoms with E-state index in [9.17, 15) is 0 Å². The molecule has 2 aromatic rings. The van der Waals surface area contributed by atoms with Crippen LogP contribution in [0.5, 0.6) is 5.75 Å². The summed E-state index contributed by atoms with van der Waals surface area (Å²) in [4.78, 5) is 2.34. The zero-order chi connectivity index (χ0) is 15.0. The number of hydrogen-bond donors (Lipinski definition) is 1. The molecule has 3 heteroatoms. The predicted octanol–water partition coefficient (Wildman–Crippen LogP) is 3.24. The minimum Gasteiger partial charge on any atom is -0.496 e. The molecule has 0 bridgehead atoms. The number of aryl methyl sites for hydroxylation is 1. The van der Waals surface area contributed by atoms with E-state index in [0.717, 1.165) is 36.5 Å². The van der Waals surface area contributed by atoms with Crippen LogP contribution < -0.4 is 10.5 Å². The van der Waals surface area contributed by atoms with Crippen LogP contribution >= 0.6 is 0 Å². The number of methoxy groups -OCH3 is 1. The highest BCUT2D eigenvalue weighted by Crippen LogP contribution is 2.38. The highest BCUT2D eigenvalue weighted by molar-refractivity contribution is 5.77. The normalized spacial score (nSPS) is 14.8. The van der Waals surface area contributed by atoms with E-state index >= 15 is 0 Å². The standard InChI is InChI=1S/C18H22N2O/c1-12-4-7-18(21-3)15(10-12)13-5-6-17(19)14-8-9-20(2)11-16(13)14/h4-7,10H,8-9,11,19H2,1-3H3. The molecule has 0 amide bonds. The SMILES string of the molecule is COc1ccc(C)cc1-c1ccc(N)c2c1CN(C)CC2. The van der Waals surface area contributed by atoms with Gasteiger partial charge in [-0.3, -0.25) is 0 Å². The first kappa shape index (κ1) is 14.0. The number of rotatable bonds is 2. The number of anilines is 1. The molecule has 110 valence electrons. The fourth-order valence-electron chi connectivity index (χ4n) is 3.12. The van der Waals surface area contributed by atoms with Crippen molar-refractivity contribution in [2.24, 2.45) is 0 Å². The minimum atomic E-state index is 0.911. The molecule has 0 atom stereocenters. The molecular weight excluding hydrogens is 260 g/mol. The molecule has 1 aliphatic heterocycles. The first-order valence-electron chi connectivity index (χ1n) is 7.34. The first-order chi connectivity index (χ1) is 10.1. The second-order valence-electron chi connectivity index (χ2n) is 5.85. The van der Waals surface area contributed by atoms with Crippen molar-refractivity contribution in [1.29, 1.82) is 0 Å². The fraction of sp³-hybridized carbons (Fsp3) is 0.333. The number of ether oxygens (including phenoxy) is 1. The van der Waals surface area contributed by atoms with Crippen LogP contribution in [0.15, 0.2) is 30.3 Å². The molecule has 0 radical (unpaired) electrons. The molecule has 1 heterocycles. The molecule has 21 heavy (non-hydrogen) atoms. The Bertz CT molecular complexity index is 679. The van der Waals surface area contributed by atoms with Crippen molar-refractivity contribution in [3.63, 3.8) is 0 Å². The molecule has 0 saturated carbocycles. The molecule has 2 N–H and O–H groups in total. The summed E-state index contributed by atoms with van der Waals surface area (Å²) in [6.07, 6.45) is 1.01. The number of nitrogen functional groups attached to an aromatic ring is 1. The smallest absolute Gasteiger partial charge is 0.126 e. The quantitative estimate of drug-likeness (QED) is 0.859. The van der Waals surface area contributed by atoms with Gasteiger partial charge in [0, 0.05) is 24.3 Å². The largest absolute Gasteiger partial charge is 0.496 e. The second-order valence-corrected chi connectivity index (χ2v) is 5.85. The molecule has 3 nitrogen and oxygen atoms in total. The van der Waals surface area contributed by atoms with Crippen molar-refractivity contribution in [1.82, 2.24) is 4.90 Å². The molecule has 0 fully saturated rings. The number of fused-ring (bicyclic) bond motifs is 1. The summed E-state index contributed by atoms with van der Waals surface area (Å²) in [5.74, 6) is 0.917. The number of hydrogen-bond acceptors (Lipinski definition) is 3. The summed E-state index contributed by atoms with van der Waals surface area (Å²) in [5.41, 5.74) is 13.4. The highest BCUT2D eigenvalue weighted by atomic mass is 16.5. The molecule has 0 saturated heterocycles. The van der Waals surface area contributed by atoms with Gasteiger partial charge < -0.3 is 15.4 Å². The van der Waals surface area contributed by atoms with Gasteiger partial charge >= 0.3 is 0 Å². The van der Waals surface area contributed by atoms with Gasteiger partial charge in [-0.25, -0.2) is 0 Å². The Hall–Kier alpha value is -2.00. The second kappa shape index (κ2) is 5.41. The van der Waals surface area contributed by atoms with E-state index in [1.165, 1.54) is 22.3 Å². The Kier molecular flexibility index (Phi) is 3.60. The van der Waals surface area contributed by atoms with Gasteiger partial charge in [0.05, 0.1) is 7.11 Å². The minimum absolute atomic E-state index is 0.911. The maximum absolute atomic E-state index is 6.18. The monoisotopic (exact) mass is 282 g/mol. The fourth-order valence-corrected chi connectivity index (χ4v) is 3.12. The zero-order valence-electron chi connectivity index (χ0n) is 12.9. The molecule has 1 aliphatic rings. The van der Waals surface area contributed by atoms with Gasteiger partial charge in [-0.1, -0.05) is 17.7 Å². The van der Waals surface area contributed by atoms with Crippen molar-refractivity contribution >= 4 is 5.69 Å². The Morgan fingerprint density at radius 3 is 2.67 bits per heavy atom. The number of likely N-dealkylation sites (N-methyl/N-ethyl adjacent to an activating group) is 1. The summed E-state index contributed by atoms with van der Waals surface area (Å²) in [6, 6.07) is 10.5. The average Bonchev–Trinajstić information content (AvgIpc) is 2.47. The summed E-state index contributed by atoms with van der Waals surface area (Å²) in [5, 5.41) is 0. The van der Waals surface area contributed by atoms with Crippen LogP contribution in [0.3, 0.4) is 0 Å². The third-order valence-electron chi connectivity index (χ3n) is 4.28. The van der Waals surface area contributed by atoms with Crippen molar-refractivity contribution in [3.05, 3.63) is 47.0 Å². The maximum Gasteiger partial charge on any atom is 0.126 e. The lowest BCUT2D eigenvalue weighted by Crippen LogP contribution is -2.27. The summed E-state index contributed by atoms with van der Waals surface area (Å²) in [6.45, 7) is 4.11. The van der Waals surface area contributed by atoms with E-state index in [-0.39, 0.29) is 0 Å². The Balaban J connectivity index is 2.22. The van der Waals surface area contributed by atoms with Gasteiger partial charge in [0.15, 0.2) is 0 Å². The third-order valence-corrected chi connectivity index (χ3v) is 4.28. The van der Waals surface area contributed by atoms with E-state index in [0.29, 0.717) is 0 Å². The van der Waals surface area contributed by atoms with Gasteiger partial charge in [0.1, 0.15) is 5.75 Å². The summed E-state index contributed by atoms with van der Waals surface area (Å²) >= 11 is 0. The Morgan fingerprint density at radius 1 is 1.10 bits per heavy atom. The lowest BCUT2D eigenvalue weighted by Gasteiger charge is -2.28. The molecule has 0 unspecified atom stereocenters. The number of nitrogens with two attached hydrogens (primary N) is 1. The van der Waals surface area contributed by atoms with Crippen LogP contribution in [0.25, 0.3) is 11.1 Å². The van der Waals surface area contributed by atoms with Crippen molar-refractivity contribution in [2.45, 2.75) is 19.9 Å². The van der Waals surface area contributed by atoms with Crippen molar-refractivity contribution < 1.29 is 4.74 Å². The zero-order valence-corrected chi connectivity index (χ0v) is 12.9. The number of benzene rings is 2. The van der Waals surface area contributed by atoms with Crippen LogP contribution in [-0.2, 0) is 13.0 Å². The molecule has 0 aromatic heterocycles. The summed E-state index contributed by atoms with van der Waals surface area (Å²) < 4.78 is 5.56. The van der Waals surface area contributed by atoms with Gasteiger partial charge in [-0.2, -0.15) is 0 Å². The van der Waals surface area contributed by atoms with Gasteiger partial charge in [0.2, 0.25) is 0 Å². The Morgan fingerprint density at radius 2 is 1.90 bits per heavy atom. The van der Waals surface area contributed by atoms with Gasteiger partial charge in [-0.15, -0.1) is 0 Å². The maximum atomic E-state index is 6.18. The average molecular weight is 282 g/mol. The van der Waals surface area contributed by atoms with E-state index in [2.05, 4.69) is 37.1 Å². The van der Waals surface area contributed by atoms with E-state index < -0.39 is 0 Å². The van der Waals surface area contributed by atoms with Crippen LogP contribution in [-0.4, -0.2) is 25.6 Å². The third kappa shape index (κ3) is 2.49. The van der Waals surface area contributed by atoms with Crippen LogP contribution in [0.1, 0.15) is 16.7 Å². The van der Waals surface area contributed by atoms with E-state index in [4.69, 9.17) is 10.5 Å². The highest BCUT2D eigenvalue weighted by Gasteiger charge is 2.21. The first-order valence-corrected chi connectivity index (χ1v) is 7.34. The summed E-state index contributed by atoms with van der Waals surface area (Å²) in [7, 11) is 3.88. The molecular formula is C18H22N2O. The lowest BCUT2D eigenvalue weighted by atomic mass is 9.89. The topological polar surface area (TPSA) is 38.5 Å².